The van der Waals surface area contributed by atoms with E-state index in [-0.39, 0.29) is 11.5 Å². The van der Waals surface area contributed by atoms with Crippen molar-refractivity contribution in [1.82, 2.24) is 9.55 Å². The van der Waals surface area contributed by atoms with E-state index >= 15 is 0 Å². The SMILES string of the molecule is CC(=O)Nc1ccc(-c2cccc(N(C)c3nc(=N)n(C=N)c4cc(N)ccc34)c2)cc1. The highest BCUT2D eigenvalue weighted by molar-refractivity contribution is 5.96. The van der Waals surface area contributed by atoms with Gasteiger partial charge < -0.3 is 16.0 Å². The van der Waals surface area contributed by atoms with Crippen molar-refractivity contribution in [2.75, 3.05) is 23.0 Å². The summed E-state index contributed by atoms with van der Waals surface area (Å²) in [7, 11) is 1.89. The molecule has 32 heavy (non-hydrogen) atoms. The van der Waals surface area contributed by atoms with Crippen LogP contribution in [0.5, 0.6) is 0 Å². The molecule has 3 aromatic carbocycles. The molecular formula is C24H23N7O. The molecule has 0 atom stereocenters. The van der Waals surface area contributed by atoms with E-state index in [9.17, 15) is 4.79 Å². The van der Waals surface area contributed by atoms with Gasteiger partial charge in [-0.1, -0.05) is 24.3 Å². The maximum absolute atomic E-state index is 11.2. The number of rotatable bonds is 5. The van der Waals surface area contributed by atoms with Crippen LogP contribution in [0.2, 0.25) is 0 Å². The normalized spacial score (nSPS) is 10.7. The van der Waals surface area contributed by atoms with E-state index in [1.54, 1.807) is 12.1 Å². The number of amides is 1. The minimum atomic E-state index is -0.108. The van der Waals surface area contributed by atoms with E-state index in [1.807, 2.05) is 66.5 Å². The Bertz CT molecular complexity index is 1390. The van der Waals surface area contributed by atoms with Gasteiger partial charge in [-0.25, -0.2) is 0 Å². The Hall–Kier alpha value is -4.46. The van der Waals surface area contributed by atoms with Gasteiger partial charge in [0.15, 0.2) is 0 Å². The quantitative estimate of drug-likeness (QED) is 0.220. The number of anilines is 4. The van der Waals surface area contributed by atoms with E-state index < -0.39 is 0 Å². The molecule has 4 rings (SSSR count). The number of aromatic nitrogens is 2. The van der Waals surface area contributed by atoms with Crippen molar-refractivity contribution in [2.45, 2.75) is 6.92 Å². The van der Waals surface area contributed by atoms with Crippen LogP contribution in [0.3, 0.4) is 0 Å². The number of benzene rings is 3. The molecule has 8 nitrogen and oxygen atoms in total. The first-order chi connectivity index (χ1) is 15.4. The summed E-state index contributed by atoms with van der Waals surface area (Å²) >= 11 is 0. The number of nitrogens with two attached hydrogens (primary N) is 1. The Balaban J connectivity index is 1.76. The molecule has 0 saturated carbocycles. The second kappa shape index (κ2) is 8.35. The molecule has 0 radical (unpaired) electrons. The van der Waals surface area contributed by atoms with E-state index in [0.717, 1.165) is 34.2 Å². The summed E-state index contributed by atoms with van der Waals surface area (Å²) in [4.78, 5) is 17.6. The van der Waals surface area contributed by atoms with Crippen molar-refractivity contribution in [2.24, 2.45) is 0 Å². The van der Waals surface area contributed by atoms with Gasteiger partial charge in [-0.3, -0.25) is 20.2 Å². The van der Waals surface area contributed by atoms with Crippen molar-refractivity contribution in [3.63, 3.8) is 0 Å². The molecule has 5 N–H and O–H groups in total. The van der Waals surface area contributed by atoms with Gasteiger partial charge in [0, 0.05) is 36.4 Å². The monoisotopic (exact) mass is 425 g/mol. The highest BCUT2D eigenvalue weighted by Gasteiger charge is 2.14. The van der Waals surface area contributed by atoms with Crippen LogP contribution in [-0.2, 0) is 4.79 Å². The zero-order chi connectivity index (χ0) is 22.8. The number of nitrogen functional groups attached to an aromatic ring is 1. The summed E-state index contributed by atoms with van der Waals surface area (Å²) in [6.07, 6.45) is 1.06. The lowest BCUT2D eigenvalue weighted by Crippen LogP contribution is -2.26. The van der Waals surface area contributed by atoms with Crippen LogP contribution in [-0.4, -0.2) is 28.8 Å². The summed E-state index contributed by atoms with van der Waals surface area (Å²) in [6.45, 7) is 1.48. The lowest BCUT2D eigenvalue weighted by molar-refractivity contribution is -0.114. The summed E-state index contributed by atoms with van der Waals surface area (Å²) < 4.78 is 1.39. The zero-order valence-corrected chi connectivity index (χ0v) is 17.8. The number of carbonyl (C=O) groups is 1. The average molecular weight is 425 g/mol. The molecule has 1 heterocycles. The summed E-state index contributed by atoms with van der Waals surface area (Å²) in [6, 6.07) is 21.0. The lowest BCUT2D eigenvalue weighted by Gasteiger charge is -2.22. The first-order valence-corrected chi connectivity index (χ1v) is 9.96. The minimum Gasteiger partial charge on any atom is -0.399 e. The van der Waals surface area contributed by atoms with Gasteiger partial charge in [-0.2, -0.15) is 4.98 Å². The van der Waals surface area contributed by atoms with Gasteiger partial charge in [0.1, 0.15) is 5.82 Å². The third-order valence-electron chi connectivity index (χ3n) is 5.18. The fourth-order valence-corrected chi connectivity index (χ4v) is 3.62. The fraction of sp³-hybridized carbons (Fsp3) is 0.0833. The van der Waals surface area contributed by atoms with Crippen LogP contribution in [0.1, 0.15) is 6.92 Å². The molecule has 0 aliphatic carbocycles. The van der Waals surface area contributed by atoms with E-state index in [1.165, 1.54) is 11.5 Å². The van der Waals surface area contributed by atoms with Gasteiger partial charge in [0.05, 0.1) is 11.9 Å². The second-order valence-corrected chi connectivity index (χ2v) is 7.40. The molecule has 8 heteroatoms. The molecule has 1 aromatic heterocycles. The van der Waals surface area contributed by atoms with Crippen LogP contribution in [0.15, 0.2) is 66.7 Å². The molecule has 0 saturated heterocycles. The Morgan fingerprint density at radius 1 is 1.09 bits per heavy atom. The van der Waals surface area contributed by atoms with Crippen molar-refractivity contribution in [1.29, 1.82) is 10.8 Å². The van der Waals surface area contributed by atoms with E-state index in [4.69, 9.17) is 16.6 Å². The topological polar surface area (TPSA) is 124 Å². The lowest BCUT2D eigenvalue weighted by atomic mass is 10.0. The molecule has 0 aliphatic rings. The molecular weight excluding hydrogens is 402 g/mol. The molecule has 160 valence electrons. The Morgan fingerprint density at radius 2 is 1.84 bits per heavy atom. The predicted molar refractivity (Wildman–Crippen MR) is 128 cm³/mol. The standard InChI is InChI=1S/C24H23N7O/c1-15(32)28-19-9-6-16(7-10-19)17-4-3-5-20(12-17)30(2)23-21-11-8-18(26)13-22(21)31(14-25)24(27)29-23/h3-14,25,27H,26H2,1-2H3,(H,28,32). The Morgan fingerprint density at radius 3 is 2.53 bits per heavy atom. The third kappa shape index (κ3) is 3.93. The maximum atomic E-state index is 11.2. The van der Waals surface area contributed by atoms with Gasteiger partial charge in [0.25, 0.3) is 0 Å². The van der Waals surface area contributed by atoms with Crippen molar-refractivity contribution in [3.8, 4) is 11.1 Å². The molecule has 0 spiro atoms. The van der Waals surface area contributed by atoms with Crippen LogP contribution < -0.4 is 21.6 Å². The second-order valence-electron chi connectivity index (χ2n) is 7.40. The van der Waals surface area contributed by atoms with Crippen LogP contribution in [0.25, 0.3) is 22.0 Å². The van der Waals surface area contributed by atoms with Crippen molar-refractivity contribution in [3.05, 3.63) is 72.3 Å². The third-order valence-corrected chi connectivity index (χ3v) is 5.18. The van der Waals surface area contributed by atoms with E-state index in [2.05, 4.69) is 10.3 Å². The number of nitrogens with zero attached hydrogens (tertiary/aromatic N) is 3. The molecule has 0 unspecified atom stereocenters. The molecule has 0 fully saturated rings. The van der Waals surface area contributed by atoms with E-state index in [0.29, 0.717) is 17.0 Å². The average Bonchev–Trinajstić information content (AvgIpc) is 2.78. The molecule has 0 bridgehead atoms. The molecule has 0 aliphatic heterocycles. The molecule has 4 aromatic rings. The van der Waals surface area contributed by atoms with Crippen molar-refractivity contribution >= 4 is 46.0 Å². The largest absolute Gasteiger partial charge is 0.399 e. The number of carbonyl (C=O) groups excluding carboxylic acids is 1. The summed E-state index contributed by atoms with van der Waals surface area (Å²) in [5.41, 5.74) is 10.8. The van der Waals surface area contributed by atoms with Gasteiger partial charge in [0.2, 0.25) is 11.5 Å². The predicted octanol–water partition coefficient (Wildman–Crippen LogP) is 3.95. The van der Waals surface area contributed by atoms with Crippen LogP contribution in [0, 0.1) is 10.8 Å². The maximum Gasteiger partial charge on any atom is 0.229 e. The molecule has 1 amide bonds. The van der Waals surface area contributed by atoms with Crippen LogP contribution >= 0.6 is 0 Å². The Kier molecular flexibility index (Phi) is 5.43. The number of hydrogen-bond donors (Lipinski definition) is 4. The Labute approximate surface area is 185 Å². The summed E-state index contributed by atoms with van der Waals surface area (Å²) in [5, 5.41) is 19.5. The summed E-state index contributed by atoms with van der Waals surface area (Å²) in [5.74, 6) is 0.491. The highest BCUT2D eigenvalue weighted by Crippen LogP contribution is 2.31. The minimum absolute atomic E-state index is 0.0512. The zero-order valence-electron chi connectivity index (χ0n) is 17.8. The van der Waals surface area contributed by atoms with Gasteiger partial charge in [-0.05, 0) is 53.6 Å². The number of hydrogen-bond acceptors (Lipinski definition) is 6. The fourth-order valence-electron chi connectivity index (χ4n) is 3.62. The highest BCUT2D eigenvalue weighted by atomic mass is 16.1. The van der Waals surface area contributed by atoms with Gasteiger partial charge in [-0.15, -0.1) is 0 Å². The first kappa shape index (κ1) is 20.8. The number of nitrogens with one attached hydrogen (secondary N) is 3. The van der Waals surface area contributed by atoms with Crippen LogP contribution in [0.4, 0.5) is 22.9 Å². The van der Waals surface area contributed by atoms with Gasteiger partial charge >= 0.3 is 0 Å². The smallest absolute Gasteiger partial charge is 0.229 e. The number of fused-ring (bicyclic) bond motifs is 1. The first-order valence-electron chi connectivity index (χ1n) is 9.96. The van der Waals surface area contributed by atoms with Crippen molar-refractivity contribution < 1.29 is 4.79 Å².